The average molecular weight is 286 g/mol. The van der Waals surface area contributed by atoms with Crippen LogP contribution in [0, 0.1) is 15.9 Å². The summed E-state index contributed by atoms with van der Waals surface area (Å²) < 4.78 is 18.1. The highest BCUT2D eigenvalue weighted by molar-refractivity contribution is 5.77. The minimum atomic E-state index is -1.12. The molecule has 0 aliphatic heterocycles. The van der Waals surface area contributed by atoms with Crippen LogP contribution in [-0.2, 0) is 9.53 Å². The Morgan fingerprint density at radius 1 is 1.55 bits per heavy atom. The van der Waals surface area contributed by atoms with Crippen LogP contribution in [0.2, 0.25) is 0 Å². The first-order chi connectivity index (χ1) is 9.43. The lowest BCUT2D eigenvalue weighted by molar-refractivity contribution is -0.385. The van der Waals surface area contributed by atoms with E-state index in [4.69, 9.17) is 9.84 Å². The summed E-state index contributed by atoms with van der Waals surface area (Å²) in [5.74, 6) is -1.92. The number of methoxy groups -OCH3 is 1. The SMILES string of the molecule is COCCCC(Nc1cc(F)cc([N+](=O)[O-])c1)C(=O)O. The molecule has 0 spiro atoms. The number of nitro groups is 1. The van der Waals surface area contributed by atoms with Gasteiger partial charge in [-0.05, 0) is 18.9 Å². The van der Waals surface area contributed by atoms with Crippen LogP contribution in [-0.4, -0.2) is 35.8 Å². The summed E-state index contributed by atoms with van der Waals surface area (Å²) in [4.78, 5) is 20.9. The Balaban J connectivity index is 2.82. The van der Waals surface area contributed by atoms with E-state index in [9.17, 15) is 19.3 Å². The molecule has 1 atom stereocenters. The first-order valence-corrected chi connectivity index (χ1v) is 5.87. The number of anilines is 1. The smallest absolute Gasteiger partial charge is 0.326 e. The topological polar surface area (TPSA) is 102 Å². The molecule has 0 saturated heterocycles. The van der Waals surface area contributed by atoms with E-state index < -0.39 is 28.4 Å². The van der Waals surface area contributed by atoms with E-state index >= 15 is 0 Å². The third-order valence-electron chi connectivity index (χ3n) is 2.57. The van der Waals surface area contributed by atoms with E-state index in [0.717, 1.165) is 18.2 Å². The number of nitrogens with zero attached hydrogens (tertiary/aromatic N) is 1. The minimum absolute atomic E-state index is 0.0570. The number of carboxylic acids is 1. The lowest BCUT2D eigenvalue weighted by Crippen LogP contribution is -2.29. The zero-order valence-electron chi connectivity index (χ0n) is 10.8. The lowest BCUT2D eigenvalue weighted by Gasteiger charge is -2.15. The van der Waals surface area contributed by atoms with E-state index in [0.29, 0.717) is 13.0 Å². The molecule has 0 heterocycles. The lowest BCUT2D eigenvalue weighted by atomic mass is 10.1. The molecule has 1 unspecified atom stereocenters. The third-order valence-corrected chi connectivity index (χ3v) is 2.57. The van der Waals surface area contributed by atoms with Gasteiger partial charge in [-0.15, -0.1) is 0 Å². The van der Waals surface area contributed by atoms with Gasteiger partial charge in [0.15, 0.2) is 0 Å². The van der Waals surface area contributed by atoms with E-state index in [2.05, 4.69) is 5.32 Å². The summed E-state index contributed by atoms with van der Waals surface area (Å²) in [5.41, 5.74) is -0.380. The summed E-state index contributed by atoms with van der Waals surface area (Å²) in [5, 5.41) is 22.2. The first-order valence-electron chi connectivity index (χ1n) is 5.87. The molecule has 0 fully saturated rings. The Morgan fingerprint density at radius 3 is 2.80 bits per heavy atom. The van der Waals surface area contributed by atoms with Crippen LogP contribution >= 0.6 is 0 Å². The van der Waals surface area contributed by atoms with Crippen molar-refractivity contribution in [3.63, 3.8) is 0 Å². The van der Waals surface area contributed by atoms with Crippen molar-refractivity contribution in [1.29, 1.82) is 0 Å². The molecule has 0 aromatic heterocycles. The summed E-state index contributed by atoms with van der Waals surface area (Å²) in [6.07, 6.45) is 0.755. The maximum atomic E-state index is 13.2. The zero-order valence-corrected chi connectivity index (χ0v) is 10.8. The molecule has 1 aromatic rings. The van der Waals surface area contributed by atoms with Crippen molar-refractivity contribution in [2.24, 2.45) is 0 Å². The van der Waals surface area contributed by atoms with E-state index in [1.54, 1.807) is 0 Å². The molecule has 1 rings (SSSR count). The number of nitro benzene ring substituents is 1. The predicted octanol–water partition coefficient (Wildman–Crippen LogP) is 2.03. The van der Waals surface area contributed by atoms with E-state index in [1.165, 1.54) is 7.11 Å². The van der Waals surface area contributed by atoms with Gasteiger partial charge >= 0.3 is 5.97 Å². The van der Waals surface area contributed by atoms with Crippen molar-refractivity contribution < 1.29 is 24.0 Å². The van der Waals surface area contributed by atoms with Crippen molar-refractivity contribution >= 4 is 17.3 Å². The normalized spacial score (nSPS) is 11.9. The summed E-state index contributed by atoms with van der Waals surface area (Å²) >= 11 is 0. The van der Waals surface area contributed by atoms with Gasteiger partial charge in [-0.2, -0.15) is 0 Å². The maximum absolute atomic E-state index is 13.2. The van der Waals surface area contributed by atoms with Gasteiger partial charge in [-0.1, -0.05) is 0 Å². The van der Waals surface area contributed by atoms with Crippen LogP contribution < -0.4 is 5.32 Å². The fraction of sp³-hybridized carbons (Fsp3) is 0.417. The average Bonchev–Trinajstić information content (AvgIpc) is 2.36. The number of non-ortho nitro benzene ring substituents is 1. The second-order valence-electron chi connectivity index (χ2n) is 4.13. The Labute approximate surface area is 114 Å². The standard InChI is InChI=1S/C12H15FN2O5/c1-20-4-2-3-11(12(16)17)14-9-5-8(13)6-10(7-9)15(18)19/h5-7,11,14H,2-4H2,1H3,(H,16,17). The number of carbonyl (C=O) groups is 1. The molecule has 0 aliphatic carbocycles. The van der Waals surface area contributed by atoms with Gasteiger partial charge in [-0.25, -0.2) is 9.18 Å². The monoisotopic (exact) mass is 286 g/mol. The summed E-state index contributed by atoms with van der Waals surface area (Å²) in [6, 6.07) is 1.91. The van der Waals surface area contributed by atoms with Gasteiger partial charge in [0.1, 0.15) is 11.9 Å². The van der Waals surface area contributed by atoms with Gasteiger partial charge in [0.2, 0.25) is 0 Å². The van der Waals surface area contributed by atoms with Gasteiger partial charge in [0, 0.05) is 25.5 Å². The summed E-state index contributed by atoms with van der Waals surface area (Å²) in [6.45, 7) is 0.398. The number of rotatable bonds is 8. The molecule has 110 valence electrons. The molecule has 1 aromatic carbocycles. The number of hydrogen-bond acceptors (Lipinski definition) is 5. The third kappa shape index (κ3) is 4.81. The fourth-order valence-corrected chi connectivity index (χ4v) is 1.65. The molecule has 0 bridgehead atoms. The Morgan fingerprint density at radius 2 is 2.25 bits per heavy atom. The molecule has 0 aliphatic rings. The highest BCUT2D eigenvalue weighted by Crippen LogP contribution is 2.21. The predicted molar refractivity (Wildman–Crippen MR) is 69.2 cm³/mol. The van der Waals surface area contributed by atoms with E-state index in [-0.39, 0.29) is 12.1 Å². The van der Waals surface area contributed by atoms with Crippen LogP contribution in [0.25, 0.3) is 0 Å². The Kier molecular flexibility index (Phi) is 5.85. The number of carboxylic acid groups (broad SMARTS) is 1. The first kappa shape index (κ1) is 15.8. The molecule has 0 radical (unpaired) electrons. The second-order valence-corrected chi connectivity index (χ2v) is 4.13. The van der Waals surface area contributed by atoms with Gasteiger partial charge in [-0.3, -0.25) is 10.1 Å². The van der Waals surface area contributed by atoms with Crippen molar-refractivity contribution in [3.05, 3.63) is 34.1 Å². The van der Waals surface area contributed by atoms with Crippen LogP contribution in [0.15, 0.2) is 18.2 Å². The minimum Gasteiger partial charge on any atom is -0.480 e. The zero-order chi connectivity index (χ0) is 15.1. The second kappa shape index (κ2) is 7.39. The van der Waals surface area contributed by atoms with Crippen molar-refractivity contribution in [2.75, 3.05) is 19.0 Å². The molecule has 8 heteroatoms. The largest absolute Gasteiger partial charge is 0.480 e. The van der Waals surface area contributed by atoms with Crippen LogP contribution in [0.1, 0.15) is 12.8 Å². The quantitative estimate of drug-likeness (QED) is 0.430. The van der Waals surface area contributed by atoms with Crippen molar-refractivity contribution in [3.8, 4) is 0 Å². The number of ether oxygens (including phenoxy) is 1. The molecule has 0 saturated carbocycles. The van der Waals surface area contributed by atoms with Crippen LogP contribution in [0.3, 0.4) is 0 Å². The number of hydrogen-bond donors (Lipinski definition) is 2. The van der Waals surface area contributed by atoms with Gasteiger partial charge in [0.05, 0.1) is 11.0 Å². The molecule has 0 amide bonds. The fourth-order valence-electron chi connectivity index (χ4n) is 1.65. The van der Waals surface area contributed by atoms with Crippen molar-refractivity contribution in [2.45, 2.75) is 18.9 Å². The van der Waals surface area contributed by atoms with Crippen LogP contribution in [0.4, 0.5) is 15.8 Å². The molecule has 20 heavy (non-hydrogen) atoms. The number of nitrogens with one attached hydrogen (secondary N) is 1. The molecule has 2 N–H and O–H groups in total. The van der Waals surface area contributed by atoms with E-state index in [1.807, 2.05) is 0 Å². The Hall–Kier alpha value is -2.22. The summed E-state index contributed by atoms with van der Waals surface area (Å²) in [7, 11) is 1.50. The highest BCUT2D eigenvalue weighted by Gasteiger charge is 2.18. The van der Waals surface area contributed by atoms with Crippen molar-refractivity contribution in [1.82, 2.24) is 0 Å². The number of aliphatic carboxylic acids is 1. The van der Waals surface area contributed by atoms with Gasteiger partial charge in [0.25, 0.3) is 5.69 Å². The molecular weight excluding hydrogens is 271 g/mol. The van der Waals surface area contributed by atoms with Crippen LogP contribution in [0.5, 0.6) is 0 Å². The highest BCUT2D eigenvalue weighted by atomic mass is 19.1. The van der Waals surface area contributed by atoms with Gasteiger partial charge < -0.3 is 15.2 Å². The maximum Gasteiger partial charge on any atom is 0.326 e. The number of halogens is 1. The Bertz CT molecular complexity index is 495. The number of benzene rings is 1. The molecule has 7 nitrogen and oxygen atoms in total. The molecular formula is C12H15FN2O5.